The molecule has 1 amide bonds. The average molecular weight is 569 g/mol. The molecule has 4 rings (SSSR count). The highest BCUT2D eigenvalue weighted by molar-refractivity contribution is 6.74. The average Bonchev–Trinajstić information content (AvgIpc) is 3.21. The third-order valence-corrected chi connectivity index (χ3v) is 12.6. The van der Waals surface area contributed by atoms with Gasteiger partial charge in [0, 0.05) is 57.0 Å². The zero-order chi connectivity index (χ0) is 29.2. The van der Waals surface area contributed by atoms with Crippen LogP contribution in [0.4, 0.5) is 5.82 Å². The Labute approximate surface area is 238 Å². The van der Waals surface area contributed by atoms with Gasteiger partial charge in [0.05, 0.1) is 47.8 Å². The van der Waals surface area contributed by atoms with E-state index < -0.39 is 8.32 Å². The first-order valence-electron chi connectivity index (χ1n) is 13.9. The molecule has 40 heavy (non-hydrogen) atoms. The van der Waals surface area contributed by atoms with Crippen LogP contribution in [0.5, 0.6) is 5.75 Å². The van der Waals surface area contributed by atoms with Crippen LogP contribution in [0.25, 0.3) is 22.2 Å². The smallest absolute Gasteiger partial charge is 0.222 e. The van der Waals surface area contributed by atoms with E-state index in [4.69, 9.17) is 23.6 Å². The number of hydrogen-bond donors (Lipinski definition) is 1. The number of amides is 1. The van der Waals surface area contributed by atoms with Crippen molar-refractivity contribution in [3.63, 3.8) is 0 Å². The Morgan fingerprint density at radius 1 is 1.27 bits per heavy atom. The molecule has 1 aliphatic heterocycles. The second-order valence-electron chi connectivity index (χ2n) is 12.3. The van der Waals surface area contributed by atoms with Crippen LogP contribution < -0.4 is 10.1 Å². The van der Waals surface area contributed by atoms with Crippen LogP contribution in [0, 0.1) is 0 Å². The van der Waals surface area contributed by atoms with Crippen LogP contribution >= 0.6 is 0 Å². The lowest BCUT2D eigenvalue weighted by atomic mass is 9.94. The van der Waals surface area contributed by atoms with Crippen molar-refractivity contribution >= 4 is 30.9 Å². The normalized spacial score (nSPS) is 19.0. The molecular weight excluding hydrogens is 524 g/mol. The fourth-order valence-electron chi connectivity index (χ4n) is 4.87. The molecule has 3 atom stereocenters. The van der Waals surface area contributed by atoms with Crippen molar-refractivity contribution < 1.29 is 23.4 Å². The molecule has 0 aliphatic carbocycles. The van der Waals surface area contributed by atoms with E-state index in [9.17, 15) is 4.79 Å². The van der Waals surface area contributed by atoms with Crippen LogP contribution in [0.1, 0.15) is 52.7 Å². The number of carbonyl (C=O) groups excluding carboxylic acids is 1. The predicted octanol–water partition coefficient (Wildman–Crippen LogP) is 5.90. The van der Waals surface area contributed by atoms with Gasteiger partial charge in [-0.05, 0) is 37.5 Å². The molecule has 0 aromatic carbocycles. The van der Waals surface area contributed by atoms with Gasteiger partial charge in [-0.1, -0.05) is 20.8 Å². The van der Waals surface area contributed by atoms with Gasteiger partial charge in [0.1, 0.15) is 18.2 Å². The van der Waals surface area contributed by atoms with Crippen molar-refractivity contribution in [1.82, 2.24) is 14.5 Å². The molecule has 0 radical (unpaired) electrons. The standard InChI is InChI=1S/C30H44N4O5Si/c1-19(39-40(8,9)30(3,4)5)17-38-21-12-25(33-26(13-21)24-18-37-11-10-28(24)36-7)23-16-34(6)27-15-31-29(14-22(23)27)32-20(2)35/h12-16,19,24,28H,10-11,17-18H2,1-9H3,(H,31,32,35)/t19-,24?,28+/m1/s1. The summed E-state index contributed by atoms with van der Waals surface area (Å²) in [5, 5.41) is 3.84. The van der Waals surface area contributed by atoms with E-state index >= 15 is 0 Å². The molecule has 0 saturated carbocycles. The number of anilines is 1. The minimum absolute atomic E-state index is 0.00767. The summed E-state index contributed by atoms with van der Waals surface area (Å²) in [6.07, 6.45) is 4.55. The van der Waals surface area contributed by atoms with Gasteiger partial charge in [0.2, 0.25) is 5.91 Å². The van der Waals surface area contributed by atoms with Crippen molar-refractivity contribution in [2.24, 2.45) is 7.05 Å². The number of fused-ring (bicyclic) bond motifs is 1. The number of methoxy groups -OCH3 is 1. The zero-order valence-corrected chi connectivity index (χ0v) is 26.3. The van der Waals surface area contributed by atoms with Crippen molar-refractivity contribution in [2.75, 3.05) is 32.2 Å². The zero-order valence-electron chi connectivity index (χ0n) is 25.3. The van der Waals surface area contributed by atoms with Gasteiger partial charge in [0.15, 0.2) is 8.32 Å². The van der Waals surface area contributed by atoms with E-state index in [2.05, 4.69) is 51.1 Å². The molecule has 1 aliphatic rings. The van der Waals surface area contributed by atoms with Gasteiger partial charge in [-0.15, -0.1) is 0 Å². The molecule has 3 aromatic heterocycles. The third-order valence-electron chi connectivity index (χ3n) is 8.04. The lowest BCUT2D eigenvalue weighted by Crippen LogP contribution is -2.44. The molecule has 0 bridgehead atoms. The number of hydrogen-bond acceptors (Lipinski definition) is 7. The summed E-state index contributed by atoms with van der Waals surface area (Å²) < 4.78 is 26.6. The summed E-state index contributed by atoms with van der Waals surface area (Å²) in [6.45, 7) is 16.4. The quantitative estimate of drug-likeness (QED) is 0.321. The van der Waals surface area contributed by atoms with E-state index in [1.807, 2.05) is 36.0 Å². The maximum absolute atomic E-state index is 11.7. The molecule has 218 valence electrons. The molecule has 0 spiro atoms. The molecule has 1 unspecified atom stereocenters. The molecule has 4 heterocycles. The Hall–Kier alpha value is -2.79. The maximum Gasteiger partial charge on any atom is 0.222 e. The number of nitrogens with zero attached hydrogens (tertiary/aromatic N) is 3. The van der Waals surface area contributed by atoms with Crippen LogP contribution in [0.3, 0.4) is 0 Å². The molecule has 1 N–H and O–H groups in total. The van der Waals surface area contributed by atoms with E-state index in [0.29, 0.717) is 25.6 Å². The van der Waals surface area contributed by atoms with Gasteiger partial charge in [-0.3, -0.25) is 9.78 Å². The van der Waals surface area contributed by atoms with E-state index in [0.717, 1.165) is 40.0 Å². The minimum atomic E-state index is -1.93. The number of nitrogens with one attached hydrogen (secondary N) is 1. The number of aryl methyl sites for hydroxylation is 1. The van der Waals surface area contributed by atoms with E-state index in [1.54, 1.807) is 13.3 Å². The van der Waals surface area contributed by atoms with Gasteiger partial charge >= 0.3 is 0 Å². The Bertz CT molecular complexity index is 1350. The topological polar surface area (TPSA) is 96.7 Å². The summed E-state index contributed by atoms with van der Waals surface area (Å²) in [5.41, 5.74) is 3.50. The van der Waals surface area contributed by atoms with E-state index in [1.165, 1.54) is 6.92 Å². The first kappa shape index (κ1) is 30.2. The summed E-state index contributed by atoms with van der Waals surface area (Å²) >= 11 is 0. The lowest BCUT2D eigenvalue weighted by Gasteiger charge is -2.38. The largest absolute Gasteiger partial charge is 0.491 e. The first-order chi connectivity index (χ1) is 18.8. The van der Waals surface area contributed by atoms with Crippen molar-refractivity contribution in [3.05, 3.63) is 36.3 Å². The Balaban J connectivity index is 1.72. The van der Waals surface area contributed by atoms with Crippen LogP contribution in [-0.4, -0.2) is 67.9 Å². The van der Waals surface area contributed by atoms with Crippen molar-refractivity contribution in [3.8, 4) is 17.0 Å². The van der Waals surface area contributed by atoms with Crippen molar-refractivity contribution in [1.29, 1.82) is 0 Å². The van der Waals surface area contributed by atoms with Gasteiger partial charge in [-0.25, -0.2) is 4.98 Å². The molecule has 10 heteroatoms. The lowest BCUT2D eigenvalue weighted by molar-refractivity contribution is -0.114. The summed E-state index contributed by atoms with van der Waals surface area (Å²) in [7, 11) is 1.79. The monoisotopic (exact) mass is 568 g/mol. The highest BCUT2D eigenvalue weighted by Crippen LogP contribution is 2.38. The summed E-state index contributed by atoms with van der Waals surface area (Å²) in [6, 6.07) is 5.86. The van der Waals surface area contributed by atoms with Gasteiger partial charge < -0.3 is 28.5 Å². The first-order valence-corrected chi connectivity index (χ1v) is 16.9. The molecule has 9 nitrogen and oxygen atoms in total. The fourth-order valence-corrected chi connectivity index (χ4v) is 6.30. The number of rotatable bonds is 9. The SMILES string of the molecule is CO[C@H]1CCOCC1c1cc(OC[C@@H](C)O[Si](C)(C)C(C)(C)C)cc(-c2cn(C)c3cnc(NC(C)=O)cc23)n1. The van der Waals surface area contributed by atoms with Crippen LogP contribution in [0.15, 0.2) is 30.6 Å². The Kier molecular flexibility index (Phi) is 9.04. The molecular formula is C30H44N4O5Si. The fraction of sp³-hybridized carbons (Fsp3) is 0.567. The van der Waals surface area contributed by atoms with Crippen LogP contribution in [0.2, 0.25) is 18.1 Å². The maximum atomic E-state index is 11.7. The molecule has 1 fully saturated rings. The number of aromatic nitrogens is 3. The number of pyridine rings is 2. The van der Waals surface area contributed by atoms with Gasteiger partial charge in [0.25, 0.3) is 0 Å². The third kappa shape index (κ3) is 6.74. The molecule has 3 aromatic rings. The van der Waals surface area contributed by atoms with Crippen LogP contribution in [-0.2, 0) is 25.7 Å². The van der Waals surface area contributed by atoms with Crippen molar-refractivity contribution in [2.45, 2.75) is 77.3 Å². The predicted molar refractivity (Wildman–Crippen MR) is 160 cm³/mol. The number of carbonyl (C=O) groups is 1. The molecule has 1 saturated heterocycles. The Morgan fingerprint density at radius 3 is 2.70 bits per heavy atom. The van der Waals surface area contributed by atoms with Gasteiger partial charge in [-0.2, -0.15) is 0 Å². The van der Waals surface area contributed by atoms with E-state index in [-0.39, 0.29) is 29.1 Å². The Morgan fingerprint density at radius 2 is 2.02 bits per heavy atom. The summed E-state index contributed by atoms with van der Waals surface area (Å²) in [4.78, 5) is 21.2. The second kappa shape index (κ2) is 12.0. The number of ether oxygens (including phenoxy) is 3. The summed E-state index contributed by atoms with van der Waals surface area (Å²) in [5.74, 6) is 1.03. The minimum Gasteiger partial charge on any atom is -0.491 e. The highest BCUT2D eigenvalue weighted by Gasteiger charge is 2.38. The second-order valence-corrected chi connectivity index (χ2v) is 17.0. The highest BCUT2D eigenvalue weighted by atomic mass is 28.4.